The summed E-state index contributed by atoms with van der Waals surface area (Å²) < 4.78 is 0. The number of hydrogen-bond donors (Lipinski definition) is 2. The molecular weight excluding hydrogens is 350 g/mol. The van der Waals surface area contributed by atoms with E-state index in [0.717, 1.165) is 18.5 Å². The van der Waals surface area contributed by atoms with Crippen molar-refractivity contribution in [1.29, 1.82) is 0 Å². The first-order valence-corrected chi connectivity index (χ1v) is 10.3. The molecule has 0 fully saturated rings. The molecule has 0 saturated heterocycles. The molecule has 3 nitrogen and oxygen atoms in total. The average Bonchev–Trinajstić information content (AvgIpc) is 2.61. The lowest BCUT2D eigenvalue weighted by molar-refractivity contribution is 0.554. The van der Waals surface area contributed by atoms with Crippen molar-refractivity contribution in [2.75, 3.05) is 6.54 Å². The Labute approximate surface area is 163 Å². The number of unbranched alkanes of at least 4 members (excludes halogenated alkanes) is 9. The van der Waals surface area contributed by atoms with Gasteiger partial charge in [0.25, 0.3) is 0 Å². The molecule has 0 unspecified atom stereocenters. The number of nitrogens with zero attached hydrogens (tertiary/aromatic N) is 1. The fourth-order valence-corrected chi connectivity index (χ4v) is 2.93. The minimum atomic E-state index is 0.555. The van der Waals surface area contributed by atoms with Gasteiger partial charge in [-0.1, -0.05) is 94.5 Å². The largest absolute Gasteiger partial charge is 0.361 e. The van der Waals surface area contributed by atoms with Gasteiger partial charge in [-0.05, 0) is 24.7 Å². The summed E-state index contributed by atoms with van der Waals surface area (Å²) in [7, 11) is 0. The molecule has 0 aromatic heterocycles. The Hall–Kier alpha value is -1.13. The maximum absolute atomic E-state index is 6.06. The smallest absolute Gasteiger partial charge is 0.186 e. The second kappa shape index (κ2) is 15.2. The van der Waals surface area contributed by atoms with Crippen LogP contribution in [0.3, 0.4) is 0 Å². The average molecular weight is 382 g/mol. The predicted molar refractivity (Wildman–Crippen MR) is 115 cm³/mol. The highest BCUT2D eigenvalue weighted by Gasteiger charge is 1.96. The minimum Gasteiger partial charge on any atom is -0.361 e. The van der Waals surface area contributed by atoms with Crippen LogP contribution in [0.2, 0.25) is 5.02 Å². The van der Waals surface area contributed by atoms with Gasteiger partial charge in [-0.3, -0.25) is 5.43 Å². The Balaban J connectivity index is 1.94. The van der Waals surface area contributed by atoms with Crippen LogP contribution < -0.4 is 10.7 Å². The van der Waals surface area contributed by atoms with Crippen LogP contribution in [0.15, 0.2) is 29.4 Å². The van der Waals surface area contributed by atoms with Gasteiger partial charge in [-0.15, -0.1) is 0 Å². The number of hydrazone groups is 1. The van der Waals surface area contributed by atoms with Gasteiger partial charge in [-0.25, -0.2) is 0 Å². The van der Waals surface area contributed by atoms with Crippen molar-refractivity contribution >= 4 is 35.1 Å². The molecule has 0 bridgehead atoms. The van der Waals surface area contributed by atoms with Crippen molar-refractivity contribution in [2.45, 2.75) is 71.1 Å². The number of nitrogens with one attached hydrogen (secondary N) is 2. The van der Waals surface area contributed by atoms with E-state index < -0.39 is 0 Å². The molecule has 0 aliphatic rings. The molecule has 0 amide bonds. The first-order valence-electron chi connectivity index (χ1n) is 9.55. The second-order valence-corrected chi connectivity index (χ2v) is 7.14. The first kappa shape index (κ1) is 21.9. The Kier molecular flexibility index (Phi) is 13.3. The van der Waals surface area contributed by atoms with Crippen molar-refractivity contribution in [3.8, 4) is 0 Å². The van der Waals surface area contributed by atoms with Crippen LogP contribution in [0.5, 0.6) is 0 Å². The van der Waals surface area contributed by atoms with Gasteiger partial charge >= 0.3 is 0 Å². The van der Waals surface area contributed by atoms with E-state index in [4.69, 9.17) is 23.8 Å². The fourth-order valence-electron chi connectivity index (χ4n) is 2.59. The Morgan fingerprint density at radius 2 is 1.60 bits per heavy atom. The van der Waals surface area contributed by atoms with Crippen LogP contribution in [0.25, 0.3) is 0 Å². The minimum absolute atomic E-state index is 0.555. The summed E-state index contributed by atoms with van der Waals surface area (Å²) in [6, 6.07) is 7.57. The molecule has 0 radical (unpaired) electrons. The first-order chi connectivity index (χ1) is 12.2. The summed E-state index contributed by atoms with van der Waals surface area (Å²) >= 11 is 11.3. The summed E-state index contributed by atoms with van der Waals surface area (Å²) in [4.78, 5) is 0. The van der Waals surface area contributed by atoms with E-state index >= 15 is 0 Å². The molecule has 140 valence electrons. The molecule has 1 aromatic carbocycles. The van der Waals surface area contributed by atoms with Gasteiger partial charge in [0.15, 0.2) is 5.11 Å². The van der Waals surface area contributed by atoms with E-state index in [1.165, 1.54) is 57.8 Å². The number of hydrogen-bond acceptors (Lipinski definition) is 2. The molecule has 5 heteroatoms. The highest BCUT2D eigenvalue weighted by atomic mass is 35.5. The van der Waals surface area contributed by atoms with Crippen LogP contribution in [-0.4, -0.2) is 17.9 Å². The molecule has 0 aliphatic carbocycles. The molecule has 0 saturated carbocycles. The molecule has 25 heavy (non-hydrogen) atoms. The Bertz CT molecular complexity index is 505. The maximum Gasteiger partial charge on any atom is 0.186 e. The van der Waals surface area contributed by atoms with Gasteiger partial charge in [0, 0.05) is 17.1 Å². The van der Waals surface area contributed by atoms with E-state index in [1.807, 2.05) is 24.3 Å². The van der Waals surface area contributed by atoms with Crippen molar-refractivity contribution in [3.05, 3.63) is 34.9 Å². The van der Waals surface area contributed by atoms with E-state index in [2.05, 4.69) is 22.8 Å². The zero-order valence-corrected chi connectivity index (χ0v) is 17.0. The summed E-state index contributed by atoms with van der Waals surface area (Å²) in [5.74, 6) is 0. The summed E-state index contributed by atoms with van der Waals surface area (Å²) in [5.41, 5.74) is 3.69. The molecule has 1 aromatic rings. The molecule has 2 N–H and O–H groups in total. The molecule has 1 rings (SSSR count). The number of thiocarbonyl (C=S) groups is 1. The normalized spacial score (nSPS) is 11.0. The summed E-state index contributed by atoms with van der Waals surface area (Å²) in [6.45, 7) is 3.16. The number of halogens is 1. The van der Waals surface area contributed by atoms with Gasteiger partial charge in [0.2, 0.25) is 0 Å². The van der Waals surface area contributed by atoms with E-state index in [0.29, 0.717) is 10.1 Å². The predicted octanol–water partition coefficient (Wildman–Crippen LogP) is 6.06. The Morgan fingerprint density at radius 1 is 1.00 bits per heavy atom. The van der Waals surface area contributed by atoms with Crippen molar-refractivity contribution in [3.63, 3.8) is 0 Å². The van der Waals surface area contributed by atoms with E-state index in [-0.39, 0.29) is 0 Å². The van der Waals surface area contributed by atoms with E-state index in [9.17, 15) is 0 Å². The molecule has 0 aliphatic heterocycles. The van der Waals surface area contributed by atoms with Crippen molar-refractivity contribution in [2.24, 2.45) is 5.10 Å². The van der Waals surface area contributed by atoms with Gasteiger partial charge in [0.05, 0.1) is 6.21 Å². The van der Waals surface area contributed by atoms with E-state index in [1.54, 1.807) is 6.21 Å². The molecule has 0 spiro atoms. The van der Waals surface area contributed by atoms with Crippen molar-refractivity contribution < 1.29 is 0 Å². The highest BCUT2D eigenvalue weighted by molar-refractivity contribution is 7.80. The monoisotopic (exact) mass is 381 g/mol. The topological polar surface area (TPSA) is 36.4 Å². The van der Waals surface area contributed by atoms with Crippen LogP contribution in [0.1, 0.15) is 76.7 Å². The zero-order valence-electron chi connectivity index (χ0n) is 15.4. The highest BCUT2D eigenvalue weighted by Crippen LogP contribution is 2.12. The van der Waals surface area contributed by atoms with Crippen LogP contribution in [0, 0.1) is 0 Å². The lowest BCUT2D eigenvalue weighted by Gasteiger charge is -2.07. The lowest BCUT2D eigenvalue weighted by Crippen LogP contribution is -2.32. The molecular formula is C20H32ClN3S. The van der Waals surface area contributed by atoms with Crippen molar-refractivity contribution in [1.82, 2.24) is 10.7 Å². The number of benzene rings is 1. The third-order valence-corrected chi connectivity index (χ3v) is 4.67. The van der Waals surface area contributed by atoms with Gasteiger partial charge in [0.1, 0.15) is 0 Å². The van der Waals surface area contributed by atoms with Crippen LogP contribution >= 0.6 is 23.8 Å². The maximum atomic E-state index is 6.06. The quantitative estimate of drug-likeness (QED) is 0.189. The standard InChI is InChI=1S/C20H32ClN3S/c1-2-3-4-5-6-7-8-9-10-13-16-22-20(25)24-23-17-18-14-11-12-15-19(18)21/h11-12,14-15,17H,2-10,13,16H2,1H3,(H2,22,24,25)/b23-17+. The summed E-state index contributed by atoms with van der Waals surface area (Å²) in [6.07, 6.45) is 15.1. The molecule has 0 atom stereocenters. The third-order valence-electron chi connectivity index (χ3n) is 4.09. The van der Waals surface area contributed by atoms with Gasteiger partial charge in [-0.2, -0.15) is 5.10 Å². The number of rotatable bonds is 13. The third kappa shape index (κ3) is 12.0. The second-order valence-electron chi connectivity index (χ2n) is 6.33. The molecule has 0 heterocycles. The lowest BCUT2D eigenvalue weighted by atomic mass is 10.1. The summed E-state index contributed by atoms with van der Waals surface area (Å²) in [5, 5.41) is 8.52. The van der Waals surface area contributed by atoms with Crippen LogP contribution in [-0.2, 0) is 0 Å². The Morgan fingerprint density at radius 3 is 2.24 bits per heavy atom. The fraction of sp³-hybridized carbons (Fsp3) is 0.600. The zero-order chi connectivity index (χ0) is 18.2. The van der Waals surface area contributed by atoms with Gasteiger partial charge < -0.3 is 5.32 Å². The van der Waals surface area contributed by atoms with Crippen LogP contribution in [0.4, 0.5) is 0 Å². The SMILES string of the molecule is CCCCCCCCCCCCNC(=S)N/N=C/c1ccccc1Cl.